The lowest BCUT2D eigenvalue weighted by Gasteiger charge is -2.34. The molecule has 2 nitrogen and oxygen atoms in total. The summed E-state index contributed by atoms with van der Waals surface area (Å²) >= 11 is 3.42. The van der Waals surface area contributed by atoms with Gasteiger partial charge in [-0.15, -0.1) is 0 Å². The average Bonchev–Trinajstić information content (AvgIpc) is 2.39. The number of rotatable bonds is 4. The monoisotopic (exact) mass is 309 g/mol. The first kappa shape index (κ1) is 13.8. The molecular weight excluding hydrogens is 290 g/mol. The Morgan fingerprint density at radius 3 is 3.00 bits per heavy atom. The van der Waals surface area contributed by atoms with Gasteiger partial charge in [-0.05, 0) is 37.9 Å². The summed E-state index contributed by atoms with van der Waals surface area (Å²) in [6.45, 7) is 3.85. The van der Waals surface area contributed by atoms with Crippen LogP contribution in [0, 0.1) is 0 Å². The van der Waals surface area contributed by atoms with Gasteiger partial charge < -0.3 is 0 Å². The molecule has 0 N–H and O–H groups in total. The van der Waals surface area contributed by atoms with Crippen molar-refractivity contribution in [2.75, 3.05) is 13.1 Å². The SMILES string of the molecule is CC[C@@H]1CCCCN1CC(=O)c1cccc(Br)c1. The van der Waals surface area contributed by atoms with Gasteiger partial charge in [0.1, 0.15) is 0 Å². The van der Waals surface area contributed by atoms with Crippen molar-refractivity contribution in [3.8, 4) is 0 Å². The number of halogens is 1. The van der Waals surface area contributed by atoms with Crippen LogP contribution in [0.25, 0.3) is 0 Å². The molecule has 2 rings (SSSR count). The van der Waals surface area contributed by atoms with Crippen LogP contribution in [0.15, 0.2) is 28.7 Å². The first-order chi connectivity index (χ1) is 8.70. The Labute approximate surface area is 117 Å². The molecule has 0 unspecified atom stereocenters. The summed E-state index contributed by atoms with van der Waals surface area (Å²) in [7, 11) is 0. The van der Waals surface area contributed by atoms with E-state index >= 15 is 0 Å². The lowest BCUT2D eigenvalue weighted by Crippen LogP contribution is -2.42. The van der Waals surface area contributed by atoms with E-state index in [0.29, 0.717) is 12.6 Å². The molecule has 0 amide bonds. The van der Waals surface area contributed by atoms with Gasteiger partial charge in [0.2, 0.25) is 0 Å². The molecule has 0 saturated carbocycles. The zero-order chi connectivity index (χ0) is 13.0. The van der Waals surface area contributed by atoms with Crippen LogP contribution in [0.2, 0.25) is 0 Å². The Bertz CT molecular complexity index is 419. The molecule has 0 bridgehead atoms. The number of hydrogen-bond acceptors (Lipinski definition) is 2. The second-order valence-corrected chi connectivity index (χ2v) is 5.88. The zero-order valence-electron chi connectivity index (χ0n) is 10.9. The van der Waals surface area contributed by atoms with Gasteiger partial charge in [-0.2, -0.15) is 0 Å². The predicted molar refractivity (Wildman–Crippen MR) is 78.0 cm³/mol. The fraction of sp³-hybridized carbons (Fsp3) is 0.533. The number of hydrogen-bond donors (Lipinski definition) is 0. The molecule has 98 valence electrons. The van der Waals surface area contributed by atoms with Crippen LogP contribution in [-0.4, -0.2) is 29.8 Å². The van der Waals surface area contributed by atoms with Crippen LogP contribution < -0.4 is 0 Å². The molecule has 0 aliphatic carbocycles. The average molecular weight is 310 g/mol. The molecule has 0 radical (unpaired) electrons. The highest BCUT2D eigenvalue weighted by atomic mass is 79.9. The van der Waals surface area contributed by atoms with Crippen LogP contribution in [0.5, 0.6) is 0 Å². The fourth-order valence-electron chi connectivity index (χ4n) is 2.67. The molecule has 3 heteroatoms. The normalized spacial score (nSPS) is 20.9. The molecule has 1 aromatic rings. The quantitative estimate of drug-likeness (QED) is 0.786. The third-order valence-electron chi connectivity index (χ3n) is 3.71. The summed E-state index contributed by atoms with van der Waals surface area (Å²) in [5.41, 5.74) is 0.810. The van der Waals surface area contributed by atoms with E-state index in [9.17, 15) is 4.79 Å². The first-order valence-corrected chi connectivity index (χ1v) is 7.53. The Kier molecular flexibility index (Phi) is 4.95. The van der Waals surface area contributed by atoms with Crippen molar-refractivity contribution in [1.82, 2.24) is 4.90 Å². The van der Waals surface area contributed by atoms with Crippen LogP contribution in [0.4, 0.5) is 0 Å². The number of benzene rings is 1. The fourth-order valence-corrected chi connectivity index (χ4v) is 3.07. The minimum Gasteiger partial charge on any atom is -0.293 e. The number of likely N-dealkylation sites (tertiary alicyclic amines) is 1. The summed E-state index contributed by atoms with van der Waals surface area (Å²) < 4.78 is 0.971. The largest absolute Gasteiger partial charge is 0.293 e. The number of ketones is 1. The number of Topliss-reactive ketones (excluding diaryl/α,β-unsaturated/α-hetero) is 1. The van der Waals surface area contributed by atoms with Crippen LogP contribution >= 0.6 is 15.9 Å². The summed E-state index contributed by atoms with van der Waals surface area (Å²) in [5.74, 6) is 0.233. The molecule has 1 atom stereocenters. The molecule has 1 fully saturated rings. The molecule has 1 aromatic carbocycles. The number of nitrogens with zero attached hydrogens (tertiary/aromatic N) is 1. The molecule has 1 aliphatic heterocycles. The van der Waals surface area contributed by atoms with Crippen LogP contribution in [-0.2, 0) is 0 Å². The standard InChI is InChI=1S/C15H20BrNO/c1-2-14-8-3-4-9-17(14)11-15(18)12-6-5-7-13(16)10-12/h5-7,10,14H,2-4,8-9,11H2,1H3/t14-/m1/s1. The van der Waals surface area contributed by atoms with Gasteiger partial charge in [0.25, 0.3) is 0 Å². The molecular formula is C15H20BrNO. The van der Waals surface area contributed by atoms with Gasteiger partial charge in [0, 0.05) is 16.1 Å². The third kappa shape index (κ3) is 3.42. The van der Waals surface area contributed by atoms with E-state index in [2.05, 4.69) is 27.8 Å². The van der Waals surface area contributed by atoms with Gasteiger partial charge in [-0.3, -0.25) is 9.69 Å². The van der Waals surface area contributed by atoms with Crippen molar-refractivity contribution < 1.29 is 4.79 Å². The van der Waals surface area contributed by atoms with E-state index in [1.54, 1.807) is 0 Å². The highest BCUT2D eigenvalue weighted by Crippen LogP contribution is 2.20. The lowest BCUT2D eigenvalue weighted by molar-refractivity contribution is 0.0838. The highest BCUT2D eigenvalue weighted by Gasteiger charge is 2.23. The minimum atomic E-state index is 0.233. The van der Waals surface area contributed by atoms with E-state index in [1.165, 1.54) is 19.3 Å². The van der Waals surface area contributed by atoms with Crippen molar-refractivity contribution in [1.29, 1.82) is 0 Å². The van der Waals surface area contributed by atoms with Crippen molar-refractivity contribution in [3.05, 3.63) is 34.3 Å². The van der Waals surface area contributed by atoms with Gasteiger partial charge >= 0.3 is 0 Å². The molecule has 18 heavy (non-hydrogen) atoms. The number of piperidine rings is 1. The number of carbonyl (C=O) groups is 1. The number of carbonyl (C=O) groups excluding carboxylic acids is 1. The smallest absolute Gasteiger partial charge is 0.176 e. The molecule has 0 aromatic heterocycles. The van der Waals surface area contributed by atoms with Crippen LogP contribution in [0.3, 0.4) is 0 Å². The van der Waals surface area contributed by atoms with Crippen molar-refractivity contribution >= 4 is 21.7 Å². The molecule has 1 heterocycles. The molecule has 1 saturated heterocycles. The summed E-state index contributed by atoms with van der Waals surface area (Å²) in [5, 5.41) is 0. The second kappa shape index (κ2) is 6.48. The topological polar surface area (TPSA) is 20.3 Å². The molecule has 0 spiro atoms. The van der Waals surface area contributed by atoms with E-state index < -0.39 is 0 Å². The zero-order valence-corrected chi connectivity index (χ0v) is 12.4. The van der Waals surface area contributed by atoms with E-state index in [1.807, 2.05) is 24.3 Å². The lowest BCUT2D eigenvalue weighted by atomic mass is 9.99. The highest BCUT2D eigenvalue weighted by molar-refractivity contribution is 9.10. The summed E-state index contributed by atoms with van der Waals surface area (Å²) in [6.07, 6.45) is 4.91. The van der Waals surface area contributed by atoms with Gasteiger partial charge in [-0.1, -0.05) is 41.4 Å². The Balaban J connectivity index is 2.02. The third-order valence-corrected chi connectivity index (χ3v) is 4.21. The molecule has 1 aliphatic rings. The van der Waals surface area contributed by atoms with Gasteiger partial charge in [-0.25, -0.2) is 0 Å². The second-order valence-electron chi connectivity index (χ2n) is 4.96. The van der Waals surface area contributed by atoms with Gasteiger partial charge in [0.15, 0.2) is 5.78 Å². The van der Waals surface area contributed by atoms with E-state index in [-0.39, 0.29) is 5.78 Å². The minimum absolute atomic E-state index is 0.233. The van der Waals surface area contributed by atoms with Crippen molar-refractivity contribution in [2.24, 2.45) is 0 Å². The predicted octanol–water partition coefficient (Wildman–Crippen LogP) is 3.90. The maximum absolute atomic E-state index is 12.3. The first-order valence-electron chi connectivity index (χ1n) is 6.73. The van der Waals surface area contributed by atoms with E-state index in [4.69, 9.17) is 0 Å². The summed E-state index contributed by atoms with van der Waals surface area (Å²) in [4.78, 5) is 14.6. The Morgan fingerprint density at radius 1 is 1.44 bits per heavy atom. The van der Waals surface area contributed by atoms with Crippen molar-refractivity contribution in [3.63, 3.8) is 0 Å². The van der Waals surface area contributed by atoms with Crippen molar-refractivity contribution in [2.45, 2.75) is 38.6 Å². The van der Waals surface area contributed by atoms with E-state index in [0.717, 1.165) is 23.0 Å². The van der Waals surface area contributed by atoms with Crippen LogP contribution in [0.1, 0.15) is 43.0 Å². The Morgan fingerprint density at radius 2 is 2.28 bits per heavy atom. The van der Waals surface area contributed by atoms with Gasteiger partial charge in [0.05, 0.1) is 6.54 Å². The maximum Gasteiger partial charge on any atom is 0.176 e. The maximum atomic E-state index is 12.3. The summed E-state index contributed by atoms with van der Waals surface area (Å²) in [6, 6.07) is 8.28. The Hall–Kier alpha value is -0.670.